The topological polar surface area (TPSA) is 63.5 Å². The molecule has 0 fully saturated rings. The summed E-state index contributed by atoms with van der Waals surface area (Å²) in [6.45, 7) is 10.8. The first-order valence-electron chi connectivity index (χ1n) is 27.6. The normalized spacial score (nSPS) is 12.5. The number of hydrogen-bond donors (Lipinski definition) is 0. The number of anilines is 2. The Balaban J connectivity index is 1.33. The first-order chi connectivity index (χ1) is 33.8. The van der Waals surface area contributed by atoms with Gasteiger partial charge in [-0.2, -0.15) is 4.58 Å². The van der Waals surface area contributed by atoms with Crippen LogP contribution in [0.2, 0.25) is 0 Å². The smallest absolute Gasteiger partial charge is 0.205 e. The van der Waals surface area contributed by atoms with Gasteiger partial charge in [0.15, 0.2) is 0 Å². The summed E-state index contributed by atoms with van der Waals surface area (Å²) in [7, 11) is -4.76. The minimum atomic E-state index is -4.76. The van der Waals surface area contributed by atoms with Crippen LogP contribution in [0.25, 0.3) is 5.57 Å². The molecule has 1 aliphatic rings. The van der Waals surface area contributed by atoms with E-state index in [0.717, 1.165) is 79.7 Å². The predicted molar refractivity (Wildman–Crippen MR) is 296 cm³/mol. The number of aryl methyl sites for hydroxylation is 2. The van der Waals surface area contributed by atoms with Crippen molar-refractivity contribution in [2.24, 2.45) is 0 Å². The average Bonchev–Trinajstić information content (AvgIpc) is 3.37. The molecule has 0 radical (unpaired) electrons. The van der Waals surface area contributed by atoms with Gasteiger partial charge in [-0.05, 0) is 102 Å². The minimum Gasteiger partial charge on any atom is -0.744 e. The first-order valence-corrected chi connectivity index (χ1v) is 29.0. The van der Waals surface area contributed by atoms with Crippen LogP contribution in [0.3, 0.4) is 0 Å². The third-order valence-electron chi connectivity index (χ3n) is 14.0. The monoisotopic (exact) mass is 953 g/mol. The fourth-order valence-electron chi connectivity index (χ4n) is 9.75. The molecule has 4 aromatic carbocycles. The van der Waals surface area contributed by atoms with Crippen molar-refractivity contribution in [1.82, 2.24) is 0 Å². The van der Waals surface area contributed by atoms with E-state index in [1.807, 2.05) is 6.07 Å². The third kappa shape index (κ3) is 19.0. The van der Waals surface area contributed by atoms with Crippen LogP contribution in [-0.2, 0) is 23.0 Å². The second-order valence-corrected chi connectivity index (χ2v) is 21.0. The summed E-state index contributed by atoms with van der Waals surface area (Å²) in [5, 5.41) is 0. The Bertz CT molecular complexity index is 2280. The van der Waals surface area contributed by atoms with Gasteiger partial charge < -0.3 is 9.45 Å². The molecule has 5 nitrogen and oxygen atoms in total. The lowest BCUT2D eigenvalue weighted by molar-refractivity contribution is -0.439. The average molecular weight is 953 g/mol. The van der Waals surface area contributed by atoms with Gasteiger partial charge in [-0.25, -0.2) is 8.42 Å². The van der Waals surface area contributed by atoms with E-state index in [0.29, 0.717) is 5.56 Å². The Labute approximate surface area is 420 Å². The molecule has 0 unspecified atom stereocenters. The zero-order chi connectivity index (χ0) is 48.9. The summed E-state index contributed by atoms with van der Waals surface area (Å²) in [5.74, 6) is 0. The lowest BCUT2D eigenvalue weighted by atomic mass is 9.90. The SMILES string of the molecule is CCCCCCCCCCCCc1ccc(N(CCCC)c2ccc(C(=C3C=CC(=[N+](CCCC)c4ccc(CCCCCCCCCCCC)cc4)C=C3)c3ccccc3S(=O)(=O)[O-])cc2)cc1. The van der Waals surface area contributed by atoms with Crippen LogP contribution in [0.4, 0.5) is 17.1 Å². The highest BCUT2D eigenvalue weighted by Crippen LogP contribution is 2.36. The molecule has 0 saturated carbocycles. The zero-order valence-electron chi connectivity index (χ0n) is 43.4. The molecule has 0 atom stereocenters. The molecule has 0 heterocycles. The van der Waals surface area contributed by atoms with Crippen molar-refractivity contribution < 1.29 is 17.5 Å². The maximum atomic E-state index is 12.8. The number of benzene rings is 4. The molecule has 5 rings (SSSR count). The third-order valence-corrected chi connectivity index (χ3v) is 14.9. The summed E-state index contributed by atoms with van der Waals surface area (Å²) in [6, 6.07) is 33.3. The molecule has 4 aromatic rings. The summed E-state index contributed by atoms with van der Waals surface area (Å²) in [6.07, 6.45) is 41.9. The zero-order valence-corrected chi connectivity index (χ0v) is 44.2. The van der Waals surface area contributed by atoms with E-state index in [4.69, 9.17) is 0 Å². The van der Waals surface area contributed by atoms with Crippen LogP contribution in [0, 0.1) is 0 Å². The van der Waals surface area contributed by atoms with Gasteiger partial charge in [-0.1, -0.05) is 211 Å². The Kier molecular flexibility index (Phi) is 25.4. The molecule has 0 aliphatic heterocycles. The Morgan fingerprint density at radius 2 is 0.913 bits per heavy atom. The van der Waals surface area contributed by atoms with Gasteiger partial charge in [0.05, 0.1) is 4.90 Å². The van der Waals surface area contributed by atoms with Crippen molar-refractivity contribution in [2.75, 3.05) is 18.0 Å². The molecular weight excluding hydrogens is 865 g/mol. The molecule has 0 amide bonds. The molecule has 69 heavy (non-hydrogen) atoms. The van der Waals surface area contributed by atoms with E-state index in [2.05, 4.69) is 134 Å². The lowest BCUT2D eigenvalue weighted by Crippen LogP contribution is -2.18. The van der Waals surface area contributed by atoms with Gasteiger partial charge in [-0.3, -0.25) is 0 Å². The van der Waals surface area contributed by atoms with E-state index in [-0.39, 0.29) is 4.90 Å². The summed E-state index contributed by atoms with van der Waals surface area (Å²) in [4.78, 5) is 2.18. The van der Waals surface area contributed by atoms with Crippen molar-refractivity contribution in [3.05, 3.63) is 149 Å². The molecule has 0 aromatic heterocycles. The van der Waals surface area contributed by atoms with Crippen LogP contribution >= 0.6 is 0 Å². The highest BCUT2D eigenvalue weighted by Gasteiger charge is 2.21. The predicted octanol–water partition coefficient (Wildman–Crippen LogP) is 18.0. The van der Waals surface area contributed by atoms with Gasteiger partial charge in [0, 0.05) is 54.2 Å². The lowest BCUT2D eigenvalue weighted by Gasteiger charge is -2.26. The Hall–Kier alpha value is -4.52. The second-order valence-electron chi connectivity index (χ2n) is 19.6. The fourth-order valence-corrected chi connectivity index (χ4v) is 10.4. The van der Waals surface area contributed by atoms with Crippen LogP contribution in [-0.4, -0.2) is 36.3 Å². The molecule has 0 bridgehead atoms. The van der Waals surface area contributed by atoms with E-state index in [1.165, 1.54) is 157 Å². The van der Waals surface area contributed by atoms with Crippen LogP contribution < -0.4 is 4.90 Å². The van der Waals surface area contributed by atoms with E-state index < -0.39 is 10.1 Å². The van der Waals surface area contributed by atoms with Crippen LogP contribution in [0.1, 0.15) is 204 Å². The number of allylic oxidation sites excluding steroid dienone is 5. The second kappa shape index (κ2) is 31.7. The van der Waals surface area contributed by atoms with Crippen LogP contribution in [0.5, 0.6) is 0 Å². The van der Waals surface area contributed by atoms with Crippen molar-refractivity contribution in [2.45, 2.75) is 200 Å². The van der Waals surface area contributed by atoms with Crippen molar-refractivity contribution in [1.29, 1.82) is 0 Å². The van der Waals surface area contributed by atoms with Crippen molar-refractivity contribution >= 4 is 38.5 Å². The highest BCUT2D eigenvalue weighted by atomic mass is 32.2. The maximum absolute atomic E-state index is 12.8. The first kappa shape index (κ1) is 55.4. The van der Waals surface area contributed by atoms with E-state index in [1.54, 1.807) is 12.1 Å². The van der Waals surface area contributed by atoms with Crippen molar-refractivity contribution in [3.63, 3.8) is 0 Å². The molecule has 0 N–H and O–H groups in total. The Morgan fingerprint density at radius 1 is 0.478 bits per heavy atom. The number of nitrogens with zero attached hydrogens (tertiary/aromatic N) is 2. The number of unbranched alkanes of at least 4 members (excludes halogenated alkanes) is 20. The fraction of sp³-hybridized carbons (Fsp3) is 0.508. The Morgan fingerprint density at radius 3 is 1.39 bits per heavy atom. The van der Waals surface area contributed by atoms with Crippen LogP contribution in [0.15, 0.2) is 132 Å². The van der Waals surface area contributed by atoms with Gasteiger partial charge in [0.1, 0.15) is 16.7 Å². The maximum Gasteiger partial charge on any atom is 0.205 e. The molecular formula is C63H88N2O3S. The summed E-state index contributed by atoms with van der Waals surface area (Å²) < 4.78 is 40.7. The molecule has 0 saturated heterocycles. The number of rotatable bonds is 34. The van der Waals surface area contributed by atoms with Gasteiger partial charge in [0.2, 0.25) is 11.4 Å². The van der Waals surface area contributed by atoms with Gasteiger partial charge in [-0.15, -0.1) is 0 Å². The quantitative estimate of drug-likeness (QED) is 0.0266. The highest BCUT2D eigenvalue weighted by molar-refractivity contribution is 7.85. The number of hydrogen-bond acceptors (Lipinski definition) is 4. The van der Waals surface area contributed by atoms with Crippen molar-refractivity contribution in [3.8, 4) is 0 Å². The standard InChI is InChI=1S/C63H88N2O3S/c1-5-9-13-15-17-19-21-23-25-27-31-53-35-43-57(44-36-53)64(51-11-7-3)59-47-39-55(40-48-59)63(61-33-29-30-34-62(61)69(66,67)68)56-41-49-60(50-42-56)65(52-12-8-4)58-45-37-54(38-46-58)32-28-26-24-22-20-18-16-14-10-6-2/h29-30,33-50H,5-28,31-32,51-52H2,1-4H3. The largest absolute Gasteiger partial charge is 0.744 e. The molecule has 374 valence electrons. The van der Waals surface area contributed by atoms with E-state index >= 15 is 0 Å². The minimum absolute atomic E-state index is 0.210. The molecule has 1 aliphatic carbocycles. The molecule has 6 heteroatoms. The van der Waals surface area contributed by atoms with Gasteiger partial charge in [0.25, 0.3) is 0 Å². The summed E-state index contributed by atoms with van der Waals surface area (Å²) in [5.41, 5.74) is 10.1. The molecule has 0 spiro atoms. The summed E-state index contributed by atoms with van der Waals surface area (Å²) >= 11 is 0. The van der Waals surface area contributed by atoms with Gasteiger partial charge >= 0.3 is 0 Å². The van der Waals surface area contributed by atoms with E-state index in [9.17, 15) is 13.0 Å².